The number of unbranched alkanes of at least 4 members (excludes halogenated alkanes) is 7. The van der Waals surface area contributed by atoms with Gasteiger partial charge in [0, 0.05) is 38.5 Å². The van der Waals surface area contributed by atoms with E-state index in [1.54, 1.807) is 0 Å². The maximum atomic E-state index is 3.96. The standard InChI is InChI=1S/C24H31Br2N/c25-18-12-6-4-2-1-3-5-7-13-20(26)19-27-23-16-10-8-14-21(23)22-15-9-11-17-24(22)27/h8-11,14-17,20H,1-7,12-13,18-19H2. The minimum absolute atomic E-state index is 0.538. The van der Waals surface area contributed by atoms with Gasteiger partial charge in [-0.15, -0.1) is 0 Å². The number of para-hydroxylation sites is 2. The zero-order valence-electron chi connectivity index (χ0n) is 16.2. The Morgan fingerprint density at radius 3 is 1.70 bits per heavy atom. The zero-order valence-corrected chi connectivity index (χ0v) is 19.3. The van der Waals surface area contributed by atoms with E-state index in [-0.39, 0.29) is 0 Å². The lowest BCUT2D eigenvalue weighted by Gasteiger charge is -2.13. The molecule has 0 spiro atoms. The van der Waals surface area contributed by atoms with E-state index in [1.165, 1.54) is 79.6 Å². The molecule has 0 saturated carbocycles. The van der Waals surface area contributed by atoms with Crippen LogP contribution in [-0.2, 0) is 6.54 Å². The van der Waals surface area contributed by atoms with Gasteiger partial charge in [-0.05, 0) is 25.0 Å². The smallest absolute Gasteiger partial charge is 0.0491 e. The van der Waals surface area contributed by atoms with Gasteiger partial charge in [-0.3, -0.25) is 0 Å². The van der Waals surface area contributed by atoms with Gasteiger partial charge in [0.1, 0.15) is 0 Å². The molecule has 0 fully saturated rings. The quantitative estimate of drug-likeness (QED) is 0.176. The molecule has 27 heavy (non-hydrogen) atoms. The zero-order chi connectivity index (χ0) is 18.9. The van der Waals surface area contributed by atoms with Gasteiger partial charge in [0.2, 0.25) is 0 Å². The number of hydrogen-bond acceptors (Lipinski definition) is 0. The van der Waals surface area contributed by atoms with Crippen molar-refractivity contribution in [3.8, 4) is 0 Å². The van der Waals surface area contributed by atoms with Crippen LogP contribution in [0.2, 0.25) is 0 Å². The predicted molar refractivity (Wildman–Crippen MR) is 128 cm³/mol. The molecule has 1 aromatic heterocycles. The topological polar surface area (TPSA) is 4.93 Å². The van der Waals surface area contributed by atoms with E-state index in [4.69, 9.17) is 0 Å². The van der Waals surface area contributed by atoms with Crippen molar-refractivity contribution in [2.75, 3.05) is 5.33 Å². The predicted octanol–water partition coefficient (Wildman–Crippen LogP) is 8.46. The highest BCUT2D eigenvalue weighted by Crippen LogP contribution is 2.30. The summed E-state index contributed by atoms with van der Waals surface area (Å²) in [7, 11) is 0. The van der Waals surface area contributed by atoms with Gasteiger partial charge in [-0.2, -0.15) is 0 Å². The second-order valence-electron chi connectivity index (χ2n) is 7.55. The lowest BCUT2D eigenvalue weighted by molar-refractivity contribution is 0.550. The fourth-order valence-electron chi connectivity index (χ4n) is 4.01. The molecular formula is C24H31Br2N. The molecule has 0 aliphatic carbocycles. The molecule has 0 amide bonds. The summed E-state index contributed by atoms with van der Waals surface area (Å²) >= 11 is 7.46. The van der Waals surface area contributed by atoms with Crippen molar-refractivity contribution in [3.63, 3.8) is 0 Å². The number of nitrogens with zero attached hydrogens (tertiary/aromatic N) is 1. The highest BCUT2D eigenvalue weighted by molar-refractivity contribution is 9.09. The summed E-state index contributed by atoms with van der Waals surface area (Å²) in [5, 5.41) is 3.89. The lowest BCUT2D eigenvalue weighted by Crippen LogP contribution is -2.09. The molecule has 1 unspecified atom stereocenters. The molecule has 3 heteroatoms. The van der Waals surface area contributed by atoms with Crippen LogP contribution in [0.4, 0.5) is 0 Å². The first-order valence-electron chi connectivity index (χ1n) is 10.5. The summed E-state index contributed by atoms with van der Waals surface area (Å²) in [5.41, 5.74) is 2.71. The summed E-state index contributed by atoms with van der Waals surface area (Å²) in [4.78, 5) is 0.538. The molecule has 1 heterocycles. The molecule has 1 atom stereocenters. The van der Waals surface area contributed by atoms with Crippen LogP contribution in [0.3, 0.4) is 0 Å². The van der Waals surface area contributed by atoms with Crippen molar-refractivity contribution in [3.05, 3.63) is 48.5 Å². The van der Waals surface area contributed by atoms with E-state index in [9.17, 15) is 0 Å². The number of alkyl halides is 2. The molecule has 146 valence electrons. The molecule has 0 N–H and O–H groups in total. The average Bonchev–Trinajstić information content (AvgIpc) is 3.01. The van der Waals surface area contributed by atoms with E-state index in [1.807, 2.05) is 0 Å². The van der Waals surface area contributed by atoms with Crippen molar-refractivity contribution in [2.45, 2.75) is 69.2 Å². The Balaban J connectivity index is 1.48. The van der Waals surface area contributed by atoms with Gasteiger partial charge in [-0.1, -0.05) is 113 Å². The highest BCUT2D eigenvalue weighted by Gasteiger charge is 2.12. The van der Waals surface area contributed by atoms with Gasteiger partial charge in [0.05, 0.1) is 0 Å². The average molecular weight is 493 g/mol. The largest absolute Gasteiger partial charge is 0.339 e. The van der Waals surface area contributed by atoms with E-state index in [2.05, 4.69) is 85.0 Å². The number of rotatable bonds is 12. The van der Waals surface area contributed by atoms with Crippen LogP contribution >= 0.6 is 31.9 Å². The maximum Gasteiger partial charge on any atom is 0.0491 e. The first-order chi connectivity index (χ1) is 13.3. The van der Waals surface area contributed by atoms with Crippen molar-refractivity contribution >= 4 is 53.7 Å². The van der Waals surface area contributed by atoms with Crippen molar-refractivity contribution in [1.29, 1.82) is 0 Å². The minimum Gasteiger partial charge on any atom is -0.339 e. The fourth-order valence-corrected chi connectivity index (χ4v) is 5.02. The van der Waals surface area contributed by atoms with E-state index < -0.39 is 0 Å². The molecule has 3 rings (SSSR count). The Morgan fingerprint density at radius 2 is 1.15 bits per heavy atom. The molecular weight excluding hydrogens is 462 g/mol. The molecule has 3 aromatic rings. The normalized spacial score (nSPS) is 12.8. The third-order valence-electron chi connectivity index (χ3n) is 5.46. The molecule has 0 radical (unpaired) electrons. The summed E-state index contributed by atoms with van der Waals surface area (Å²) in [6.07, 6.45) is 12.3. The van der Waals surface area contributed by atoms with Crippen LogP contribution in [0.25, 0.3) is 21.8 Å². The summed E-state index contributed by atoms with van der Waals surface area (Å²) < 4.78 is 2.49. The Hall–Kier alpha value is -0.800. The van der Waals surface area contributed by atoms with Crippen LogP contribution in [0.5, 0.6) is 0 Å². The van der Waals surface area contributed by atoms with Crippen LogP contribution < -0.4 is 0 Å². The minimum atomic E-state index is 0.538. The number of aromatic nitrogens is 1. The van der Waals surface area contributed by atoms with Crippen LogP contribution in [0, 0.1) is 0 Å². The first kappa shape index (κ1) is 20.9. The third kappa shape index (κ3) is 5.84. The molecule has 1 nitrogen and oxygen atoms in total. The SMILES string of the molecule is BrCCCCCCCCCCC(Br)Cn1c2ccccc2c2ccccc21. The monoisotopic (exact) mass is 491 g/mol. The van der Waals surface area contributed by atoms with Gasteiger partial charge < -0.3 is 4.57 Å². The Kier molecular flexibility index (Phi) is 8.73. The van der Waals surface area contributed by atoms with E-state index >= 15 is 0 Å². The first-order valence-corrected chi connectivity index (χ1v) is 12.5. The Morgan fingerprint density at radius 1 is 0.667 bits per heavy atom. The van der Waals surface area contributed by atoms with Crippen LogP contribution in [0.1, 0.15) is 57.8 Å². The fraction of sp³-hybridized carbons (Fsp3) is 0.500. The second-order valence-corrected chi connectivity index (χ2v) is 9.64. The number of hydrogen-bond donors (Lipinski definition) is 0. The van der Waals surface area contributed by atoms with Gasteiger partial charge >= 0.3 is 0 Å². The number of fused-ring (bicyclic) bond motifs is 3. The van der Waals surface area contributed by atoms with E-state index in [0.29, 0.717) is 4.83 Å². The highest BCUT2D eigenvalue weighted by atomic mass is 79.9. The number of halogens is 2. The lowest BCUT2D eigenvalue weighted by atomic mass is 10.1. The summed E-state index contributed by atoms with van der Waals surface area (Å²) in [6, 6.07) is 17.6. The van der Waals surface area contributed by atoms with Crippen molar-refractivity contribution < 1.29 is 0 Å². The summed E-state index contributed by atoms with van der Waals surface area (Å²) in [5.74, 6) is 0. The molecule has 0 saturated heterocycles. The molecule has 0 aliphatic heterocycles. The Labute approximate surface area is 180 Å². The van der Waals surface area contributed by atoms with Crippen molar-refractivity contribution in [2.24, 2.45) is 0 Å². The van der Waals surface area contributed by atoms with Crippen LogP contribution in [0.15, 0.2) is 48.5 Å². The van der Waals surface area contributed by atoms with E-state index in [0.717, 1.165) is 11.9 Å². The molecule has 2 aromatic carbocycles. The maximum absolute atomic E-state index is 3.96. The van der Waals surface area contributed by atoms with Gasteiger partial charge in [0.15, 0.2) is 0 Å². The Bertz CT molecular complexity index is 770. The van der Waals surface area contributed by atoms with Gasteiger partial charge in [-0.25, -0.2) is 0 Å². The van der Waals surface area contributed by atoms with Crippen LogP contribution in [-0.4, -0.2) is 14.7 Å². The second kappa shape index (κ2) is 11.3. The third-order valence-corrected chi connectivity index (χ3v) is 6.77. The number of benzene rings is 2. The molecule has 0 aliphatic rings. The van der Waals surface area contributed by atoms with Crippen molar-refractivity contribution in [1.82, 2.24) is 4.57 Å². The summed E-state index contributed by atoms with van der Waals surface area (Å²) in [6.45, 7) is 1.04. The molecule has 0 bridgehead atoms. The van der Waals surface area contributed by atoms with Gasteiger partial charge in [0.25, 0.3) is 0 Å².